The molecule has 1 N–H and O–H groups in total. The first-order valence-corrected chi connectivity index (χ1v) is 5.38. The van der Waals surface area contributed by atoms with E-state index in [9.17, 15) is 4.79 Å². The van der Waals surface area contributed by atoms with Crippen molar-refractivity contribution in [2.24, 2.45) is 0 Å². The standard InChI is InChI=1S/C10H16N4O/c1-7-4-3-5-8(2)14(7)10(15)9-11-6-12-13-9/h6-8H,3-5H2,1-2H3,(H,11,12,13)/t7-,8+. The molecule has 1 amide bonds. The minimum absolute atomic E-state index is 0.0350. The van der Waals surface area contributed by atoms with E-state index in [2.05, 4.69) is 29.0 Å². The molecule has 1 fully saturated rings. The van der Waals surface area contributed by atoms with E-state index in [1.807, 2.05) is 4.90 Å². The van der Waals surface area contributed by atoms with E-state index in [0.717, 1.165) is 12.8 Å². The monoisotopic (exact) mass is 208 g/mol. The fourth-order valence-corrected chi connectivity index (χ4v) is 2.25. The highest BCUT2D eigenvalue weighted by molar-refractivity contribution is 5.90. The van der Waals surface area contributed by atoms with Crippen LogP contribution >= 0.6 is 0 Å². The van der Waals surface area contributed by atoms with Gasteiger partial charge in [-0.2, -0.15) is 5.10 Å². The Hall–Kier alpha value is -1.39. The van der Waals surface area contributed by atoms with Crippen molar-refractivity contribution in [3.63, 3.8) is 0 Å². The zero-order chi connectivity index (χ0) is 10.8. The van der Waals surface area contributed by atoms with E-state index in [1.54, 1.807) is 0 Å². The summed E-state index contributed by atoms with van der Waals surface area (Å²) in [6.45, 7) is 4.17. The van der Waals surface area contributed by atoms with Crippen LogP contribution in [0.2, 0.25) is 0 Å². The average Bonchev–Trinajstić information content (AvgIpc) is 2.69. The van der Waals surface area contributed by atoms with Crippen LogP contribution in [-0.4, -0.2) is 38.1 Å². The van der Waals surface area contributed by atoms with Crippen molar-refractivity contribution >= 4 is 5.91 Å². The molecule has 0 radical (unpaired) electrons. The minimum atomic E-state index is -0.0350. The number of rotatable bonds is 1. The Balaban J connectivity index is 2.17. The Labute approximate surface area is 88.9 Å². The maximum Gasteiger partial charge on any atom is 0.291 e. The fraction of sp³-hybridized carbons (Fsp3) is 0.700. The molecular formula is C10H16N4O. The van der Waals surface area contributed by atoms with Crippen molar-refractivity contribution in [3.8, 4) is 0 Å². The van der Waals surface area contributed by atoms with Crippen molar-refractivity contribution in [1.29, 1.82) is 0 Å². The summed E-state index contributed by atoms with van der Waals surface area (Å²) in [7, 11) is 0. The highest BCUT2D eigenvalue weighted by Gasteiger charge is 2.30. The second-order valence-corrected chi connectivity index (χ2v) is 4.18. The number of carbonyl (C=O) groups is 1. The van der Waals surface area contributed by atoms with Gasteiger partial charge in [-0.05, 0) is 33.1 Å². The van der Waals surface area contributed by atoms with Gasteiger partial charge in [0.05, 0.1) is 0 Å². The molecule has 1 saturated heterocycles. The van der Waals surface area contributed by atoms with Gasteiger partial charge in [0, 0.05) is 12.1 Å². The number of likely N-dealkylation sites (tertiary alicyclic amines) is 1. The number of H-pyrrole nitrogens is 1. The SMILES string of the molecule is C[C@@H]1CCC[C@H](C)N1C(=O)c1ncn[nH]1. The summed E-state index contributed by atoms with van der Waals surface area (Å²) >= 11 is 0. The number of nitrogens with zero attached hydrogens (tertiary/aromatic N) is 3. The third kappa shape index (κ3) is 1.86. The first-order chi connectivity index (χ1) is 7.20. The molecule has 0 aliphatic carbocycles. The highest BCUT2D eigenvalue weighted by Crippen LogP contribution is 2.23. The summed E-state index contributed by atoms with van der Waals surface area (Å²) in [5.41, 5.74) is 0. The Kier molecular flexibility index (Phi) is 2.70. The quantitative estimate of drug-likeness (QED) is 0.754. The van der Waals surface area contributed by atoms with Crippen molar-refractivity contribution in [3.05, 3.63) is 12.2 Å². The van der Waals surface area contributed by atoms with Gasteiger partial charge in [-0.25, -0.2) is 4.98 Å². The van der Waals surface area contributed by atoms with Crippen molar-refractivity contribution in [2.75, 3.05) is 0 Å². The van der Waals surface area contributed by atoms with Crippen LogP contribution in [0, 0.1) is 0 Å². The summed E-state index contributed by atoms with van der Waals surface area (Å²) in [6, 6.07) is 0.595. The van der Waals surface area contributed by atoms with E-state index in [4.69, 9.17) is 0 Å². The molecule has 5 heteroatoms. The fourth-order valence-electron chi connectivity index (χ4n) is 2.25. The van der Waals surface area contributed by atoms with E-state index in [-0.39, 0.29) is 5.91 Å². The van der Waals surface area contributed by atoms with Crippen LogP contribution < -0.4 is 0 Å². The van der Waals surface area contributed by atoms with Crippen molar-refractivity contribution in [2.45, 2.75) is 45.2 Å². The van der Waals surface area contributed by atoms with Gasteiger partial charge in [0.25, 0.3) is 5.91 Å². The Bertz CT molecular complexity index is 325. The minimum Gasteiger partial charge on any atom is -0.331 e. The highest BCUT2D eigenvalue weighted by atomic mass is 16.2. The van der Waals surface area contributed by atoms with E-state index in [0.29, 0.717) is 17.9 Å². The zero-order valence-corrected chi connectivity index (χ0v) is 9.10. The average molecular weight is 208 g/mol. The molecule has 2 rings (SSSR count). The molecule has 15 heavy (non-hydrogen) atoms. The molecule has 2 atom stereocenters. The molecule has 1 aliphatic heterocycles. The van der Waals surface area contributed by atoms with Crippen LogP contribution in [0.25, 0.3) is 0 Å². The molecular weight excluding hydrogens is 192 g/mol. The number of carbonyl (C=O) groups excluding carboxylic acids is 1. The van der Waals surface area contributed by atoms with Gasteiger partial charge < -0.3 is 4.90 Å². The maximum absolute atomic E-state index is 12.1. The molecule has 1 aromatic heterocycles. The number of aromatic nitrogens is 3. The van der Waals surface area contributed by atoms with E-state index >= 15 is 0 Å². The van der Waals surface area contributed by atoms with E-state index in [1.165, 1.54) is 12.7 Å². The number of hydrogen-bond acceptors (Lipinski definition) is 3. The summed E-state index contributed by atoms with van der Waals surface area (Å²) < 4.78 is 0. The third-order valence-electron chi connectivity index (χ3n) is 3.05. The molecule has 0 saturated carbocycles. The zero-order valence-electron chi connectivity index (χ0n) is 9.10. The summed E-state index contributed by atoms with van der Waals surface area (Å²) in [6.07, 6.45) is 4.71. The van der Waals surface area contributed by atoms with Crippen LogP contribution in [0.1, 0.15) is 43.7 Å². The van der Waals surface area contributed by atoms with Crippen LogP contribution in [-0.2, 0) is 0 Å². The van der Waals surface area contributed by atoms with Gasteiger partial charge in [0.2, 0.25) is 5.82 Å². The van der Waals surface area contributed by atoms with Gasteiger partial charge in [-0.1, -0.05) is 0 Å². The Morgan fingerprint density at radius 3 is 2.67 bits per heavy atom. The lowest BCUT2D eigenvalue weighted by atomic mass is 9.97. The Morgan fingerprint density at radius 2 is 2.13 bits per heavy atom. The number of aromatic amines is 1. The van der Waals surface area contributed by atoms with Crippen molar-refractivity contribution < 1.29 is 4.79 Å². The molecule has 1 aliphatic rings. The predicted molar refractivity (Wildman–Crippen MR) is 55.3 cm³/mol. The molecule has 0 spiro atoms. The molecule has 0 unspecified atom stereocenters. The summed E-state index contributed by atoms with van der Waals surface area (Å²) in [5, 5.41) is 6.33. The smallest absolute Gasteiger partial charge is 0.291 e. The number of nitrogens with one attached hydrogen (secondary N) is 1. The number of piperidine rings is 1. The first kappa shape index (κ1) is 10.1. The molecule has 0 bridgehead atoms. The van der Waals surface area contributed by atoms with Crippen LogP contribution in [0.15, 0.2) is 6.33 Å². The van der Waals surface area contributed by atoms with Gasteiger partial charge >= 0.3 is 0 Å². The third-order valence-corrected chi connectivity index (χ3v) is 3.05. The second kappa shape index (κ2) is 4.00. The molecule has 2 heterocycles. The van der Waals surface area contributed by atoms with Crippen LogP contribution in [0.3, 0.4) is 0 Å². The lowest BCUT2D eigenvalue weighted by Gasteiger charge is -2.38. The first-order valence-electron chi connectivity index (χ1n) is 5.38. The Morgan fingerprint density at radius 1 is 1.47 bits per heavy atom. The van der Waals surface area contributed by atoms with Gasteiger partial charge in [0.1, 0.15) is 6.33 Å². The largest absolute Gasteiger partial charge is 0.331 e. The predicted octanol–water partition coefficient (Wildman–Crippen LogP) is 1.21. The molecule has 1 aromatic rings. The van der Waals surface area contributed by atoms with Crippen molar-refractivity contribution in [1.82, 2.24) is 20.1 Å². The molecule has 0 aromatic carbocycles. The second-order valence-electron chi connectivity index (χ2n) is 4.18. The number of hydrogen-bond donors (Lipinski definition) is 1. The molecule has 82 valence electrons. The lowest BCUT2D eigenvalue weighted by Crippen LogP contribution is -2.47. The lowest BCUT2D eigenvalue weighted by molar-refractivity contribution is 0.0498. The van der Waals surface area contributed by atoms with Gasteiger partial charge in [-0.3, -0.25) is 9.89 Å². The van der Waals surface area contributed by atoms with Gasteiger partial charge in [0.15, 0.2) is 0 Å². The normalized spacial score (nSPS) is 26.7. The van der Waals surface area contributed by atoms with Gasteiger partial charge in [-0.15, -0.1) is 0 Å². The number of amides is 1. The molecule has 5 nitrogen and oxygen atoms in total. The maximum atomic E-state index is 12.1. The topological polar surface area (TPSA) is 61.9 Å². The van der Waals surface area contributed by atoms with E-state index < -0.39 is 0 Å². The van der Waals surface area contributed by atoms with Crippen LogP contribution in [0.4, 0.5) is 0 Å². The summed E-state index contributed by atoms with van der Waals surface area (Å²) in [5.74, 6) is 0.308. The van der Waals surface area contributed by atoms with Crippen LogP contribution in [0.5, 0.6) is 0 Å². The summed E-state index contributed by atoms with van der Waals surface area (Å²) in [4.78, 5) is 17.9.